The van der Waals surface area contributed by atoms with Crippen LogP contribution in [0.3, 0.4) is 0 Å². The van der Waals surface area contributed by atoms with E-state index in [1.54, 1.807) is 35.2 Å². The number of nitrogens with zero attached hydrogens (tertiary/aromatic N) is 1. The number of carbonyl (C=O) groups excluding carboxylic acids is 2. The topological polar surface area (TPSA) is 108 Å². The molecule has 3 N–H and O–H groups in total. The molecule has 2 atom stereocenters. The number of nitrogens with one attached hydrogen (secondary N) is 3. The Bertz CT molecular complexity index is 1390. The number of anilines is 2. The molecular weight excluding hydrogens is 510 g/mol. The number of hydrogen-bond acceptors (Lipinski definition) is 6. The van der Waals surface area contributed by atoms with Crippen molar-refractivity contribution in [2.45, 2.75) is 31.9 Å². The van der Waals surface area contributed by atoms with Crippen molar-refractivity contribution in [3.63, 3.8) is 0 Å². The summed E-state index contributed by atoms with van der Waals surface area (Å²) in [6, 6.07) is 12.4. The predicted octanol–water partition coefficient (Wildman–Crippen LogP) is 4.04. The molecule has 36 heavy (non-hydrogen) atoms. The second-order valence-electron chi connectivity index (χ2n) is 8.79. The number of benzene rings is 2. The predicted molar refractivity (Wildman–Crippen MR) is 137 cm³/mol. The van der Waals surface area contributed by atoms with Gasteiger partial charge in [-0.15, -0.1) is 11.3 Å². The lowest BCUT2D eigenvalue weighted by atomic mass is 9.99. The zero-order valence-corrected chi connectivity index (χ0v) is 21.3. The Balaban J connectivity index is 1.51. The minimum atomic E-state index is -3.49. The number of carbonyl (C=O) groups is 2. The third-order valence-corrected chi connectivity index (χ3v) is 7.53. The lowest BCUT2D eigenvalue weighted by Gasteiger charge is -2.38. The van der Waals surface area contributed by atoms with E-state index in [1.807, 2.05) is 6.07 Å². The Hall–Kier alpha value is -3.25. The Kier molecular flexibility index (Phi) is 7.46. The van der Waals surface area contributed by atoms with Gasteiger partial charge in [0.05, 0.1) is 11.1 Å². The zero-order valence-electron chi connectivity index (χ0n) is 19.6. The number of likely N-dealkylation sites (tertiary alicyclic amines) is 1. The Morgan fingerprint density at radius 1 is 1.08 bits per heavy atom. The average Bonchev–Trinajstić information content (AvgIpc) is 3.24. The van der Waals surface area contributed by atoms with Crippen LogP contribution < -0.4 is 15.4 Å². The lowest BCUT2D eigenvalue weighted by Crippen LogP contribution is -2.55. The van der Waals surface area contributed by atoms with Crippen LogP contribution in [0.4, 0.5) is 20.2 Å². The first-order valence-electron chi connectivity index (χ1n) is 11.2. The summed E-state index contributed by atoms with van der Waals surface area (Å²) in [7, 11) is -3.49. The third kappa shape index (κ3) is 6.30. The smallest absolute Gasteiger partial charge is 0.272 e. The molecule has 2 amide bonds. The fourth-order valence-electron chi connectivity index (χ4n) is 4.31. The summed E-state index contributed by atoms with van der Waals surface area (Å²) in [5.74, 6) is -0.545. The molecule has 2 aromatic carbocycles. The van der Waals surface area contributed by atoms with E-state index in [9.17, 15) is 26.8 Å². The molecule has 0 radical (unpaired) electrons. The van der Waals surface area contributed by atoms with Gasteiger partial charge in [0.2, 0.25) is 15.9 Å². The van der Waals surface area contributed by atoms with Crippen molar-refractivity contribution in [2.75, 3.05) is 29.4 Å². The van der Waals surface area contributed by atoms with Crippen LogP contribution in [0, 0.1) is 0 Å². The van der Waals surface area contributed by atoms with Gasteiger partial charge in [0.25, 0.3) is 12.3 Å². The van der Waals surface area contributed by atoms with E-state index in [1.165, 1.54) is 19.1 Å². The van der Waals surface area contributed by atoms with Crippen LogP contribution in [0.25, 0.3) is 10.1 Å². The maximum atomic E-state index is 13.2. The first-order chi connectivity index (χ1) is 17.0. The van der Waals surface area contributed by atoms with Crippen LogP contribution in [0.2, 0.25) is 0 Å². The van der Waals surface area contributed by atoms with Crippen molar-refractivity contribution in [3.05, 3.63) is 59.0 Å². The molecule has 0 unspecified atom stereocenters. The van der Waals surface area contributed by atoms with Crippen LogP contribution in [0.1, 0.15) is 35.0 Å². The van der Waals surface area contributed by atoms with E-state index in [-0.39, 0.29) is 34.1 Å². The normalized spacial score (nSPS) is 18.3. The molecule has 1 aromatic heterocycles. The lowest BCUT2D eigenvalue weighted by molar-refractivity contribution is -0.130. The van der Waals surface area contributed by atoms with Crippen molar-refractivity contribution in [2.24, 2.45) is 0 Å². The van der Waals surface area contributed by atoms with Gasteiger partial charge in [-0.25, -0.2) is 17.2 Å². The van der Waals surface area contributed by atoms with Crippen molar-refractivity contribution in [1.29, 1.82) is 0 Å². The first kappa shape index (κ1) is 25.8. The second kappa shape index (κ2) is 10.4. The number of fused-ring (bicyclic) bond motifs is 1. The number of sulfonamides is 1. The van der Waals surface area contributed by atoms with E-state index in [2.05, 4.69) is 15.4 Å². The van der Waals surface area contributed by atoms with E-state index >= 15 is 0 Å². The number of amides is 2. The molecule has 0 aliphatic carbocycles. The van der Waals surface area contributed by atoms with Gasteiger partial charge >= 0.3 is 0 Å². The first-order valence-corrected chi connectivity index (χ1v) is 13.9. The van der Waals surface area contributed by atoms with Crippen LogP contribution in [-0.2, 0) is 14.8 Å². The van der Waals surface area contributed by atoms with E-state index in [4.69, 9.17) is 0 Å². The molecule has 12 heteroatoms. The summed E-state index contributed by atoms with van der Waals surface area (Å²) >= 11 is 1.04. The molecular formula is C24H26F2N4O4S2. The van der Waals surface area contributed by atoms with Crippen molar-refractivity contribution >= 4 is 54.6 Å². The number of halogens is 2. The second-order valence-corrected chi connectivity index (χ2v) is 11.7. The van der Waals surface area contributed by atoms with Crippen molar-refractivity contribution in [1.82, 2.24) is 10.2 Å². The fraction of sp³-hybridized carbons (Fsp3) is 0.333. The van der Waals surface area contributed by atoms with Crippen LogP contribution in [-0.4, -0.2) is 56.6 Å². The molecule has 1 fully saturated rings. The highest BCUT2D eigenvalue weighted by Crippen LogP contribution is 2.36. The molecule has 8 nitrogen and oxygen atoms in total. The van der Waals surface area contributed by atoms with E-state index in [0.717, 1.165) is 22.3 Å². The number of rotatable bonds is 7. The average molecular weight is 537 g/mol. The molecule has 3 aromatic rings. The molecule has 1 aliphatic heterocycles. The molecule has 4 rings (SSSR count). The molecule has 2 heterocycles. The summed E-state index contributed by atoms with van der Waals surface area (Å²) in [5.41, 5.74) is 1.23. The summed E-state index contributed by atoms with van der Waals surface area (Å²) in [6.07, 6.45) is -1.03. The summed E-state index contributed by atoms with van der Waals surface area (Å²) in [5, 5.41) is 7.00. The fourth-order valence-corrected chi connectivity index (χ4v) is 5.81. The Labute approximate surface area is 211 Å². The monoisotopic (exact) mass is 536 g/mol. The molecule has 1 saturated heterocycles. The number of thiophene rings is 1. The summed E-state index contributed by atoms with van der Waals surface area (Å²) < 4.78 is 52.6. The number of alkyl halides is 2. The summed E-state index contributed by atoms with van der Waals surface area (Å²) in [6.45, 7) is 2.17. The molecule has 192 valence electrons. The Morgan fingerprint density at radius 2 is 1.81 bits per heavy atom. The number of piperidine rings is 1. The maximum Gasteiger partial charge on any atom is 0.272 e. The highest BCUT2D eigenvalue weighted by atomic mass is 32.2. The largest absolute Gasteiger partial charge is 0.380 e. The van der Waals surface area contributed by atoms with Gasteiger partial charge in [-0.05, 0) is 42.8 Å². The van der Waals surface area contributed by atoms with Gasteiger partial charge in [-0.3, -0.25) is 14.3 Å². The van der Waals surface area contributed by atoms with Crippen LogP contribution >= 0.6 is 11.3 Å². The highest BCUT2D eigenvalue weighted by Gasteiger charge is 2.30. The van der Waals surface area contributed by atoms with Gasteiger partial charge in [0, 0.05) is 59.1 Å². The van der Waals surface area contributed by atoms with Gasteiger partial charge < -0.3 is 15.5 Å². The minimum Gasteiger partial charge on any atom is -0.380 e. The standard InChI is InChI=1S/C24H26F2N4O4S2/c1-14(31)30-12-17(27-20-7-4-8-21-19(20)11-22(35-21)23(25)26)10-18(13-30)28-24(32)15-5-3-6-16(9-15)29-36(2,33)34/h3-9,11,17-18,23,27,29H,10,12-13H2,1-2H3,(H,28,32)/t17-,18+/m1/s1. The summed E-state index contributed by atoms with van der Waals surface area (Å²) in [4.78, 5) is 26.8. The molecule has 1 aliphatic rings. The molecule has 0 spiro atoms. The van der Waals surface area contributed by atoms with Crippen LogP contribution in [0.15, 0.2) is 48.5 Å². The van der Waals surface area contributed by atoms with Crippen molar-refractivity contribution < 1.29 is 26.8 Å². The zero-order chi connectivity index (χ0) is 26.0. The highest BCUT2D eigenvalue weighted by molar-refractivity contribution is 7.92. The number of hydrogen-bond donors (Lipinski definition) is 3. The van der Waals surface area contributed by atoms with Crippen LogP contribution in [0.5, 0.6) is 0 Å². The quantitative estimate of drug-likeness (QED) is 0.423. The maximum absolute atomic E-state index is 13.2. The molecule has 0 bridgehead atoms. The SMILES string of the molecule is CC(=O)N1C[C@@H](NC(=O)c2cccc(NS(C)(=O)=O)c2)C[C@@H](Nc2cccc3sc(C(F)F)cc23)C1. The van der Waals surface area contributed by atoms with Gasteiger partial charge in [0.1, 0.15) is 0 Å². The van der Waals surface area contributed by atoms with Gasteiger partial charge in [-0.2, -0.15) is 0 Å². The van der Waals surface area contributed by atoms with Crippen molar-refractivity contribution in [3.8, 4) is 0 Å². The van der Waals surface area contributed by atoms with Gasteiger partial charge in [0.15, 0.2) is 0 Å². The molecule has 0 saturated carbocycles. The third-order valence-electron chi connectivity index (χ3n) is 5.81. The minimum absolute atomic E-state index is 0.00834. The van der Waals surface area contributed by atoms with E-state index in [0.29, 0.717) is 30.6 Å². The van der Waals surface area contributed by atoms with Gasteiger partial charge in [-0.1, -0.05) is 12.1 Å². The Morgan fingerprint density at radius 3 is 2.50 bits per heavy atom. The van der Waals surface area contributed by atoms with E-state index < -0.39 is 22.4 Å².